The molecule has 0 atom stereocenters. The van der Waals surface area contributed by atoms with Crippen LogP contribution in [0.3, 0.4) is 0 Å². The van der Waals surface area contributed by atoms with Gasteiger partial charge in [0, 0.05) is 19.7 Å². The Balaban J connectivity index is 2.69. The maximum atomic E-state index is 13.8. The van der Waals surface area contributed by atoms with Crippen molar-refractivity contribution in [3.8, 4) is 11.1 Å². The third kappa shape index (κ3) is 3.40. The molecule has 2 aromatic rings. The predicted molar refractivity (Wildman–Crippen MR) is 84.0 cm³/mol. The van der Waals surface area contributed by atoms with Crippen molar-refractivity contribution in [3.05, 3.63) is 53.8 Å². The van der Waals surface area contributed by atoms with Crippen molar-refractivity contribution in [2.45, 2.75) is 4.90 Å². The quantitative estimate of drug-likeness (QED) is 0.804. The summed E-state index contributed by atoms with van der Waals surface area (Å²) in [5.74, 6) is -1.35. The van der Waals surface area contributed by atoms with E-state index >= 15 is 0 Å². The third-order valence-corrected chi connectivity index (χ3v) is 5.15. The minimum absolute atomic E-state index is 0.0135. The van der Waals surface area contributed by atoms with Crippen LogP contribution in [-0.4, -0.2) is 39.9 Å². The second kappa shape index (κ2) is 6.47. The highest BCUT2D eigenvalue weighted by Crippen LogP contribution is 2.30. The molecule has 0 spiro atoms. The van der Waals surface area contributed by atoms with Crippen LogP contribution in [0.2, 0.25) is 0 Å². The van der Waals surface area contributed by atoms with Gasteiger partial charge in [-0.2, -0.15) is 0 Å². The van der Waals surface area contributed by atoms with Gasteiger partial charge in [-0.1, -0.05) is 18.2 Å². The number of hydrogen-bond donors (Lipinski definition) is 0. The highest BCUT2D eigenvalue weighted by atomic mass is 32.2. The van der Waals surface area contributed by atoms with Crippen molar-refractivity contribution in [2.75, 3.05) is 21.2 Å². The summed E-state index contributed by atoms with van der Waals surface area (Å²) in [5, 5.41) is 0. The summed E-state index contributed by atoms with van der Waals surface area (Å²) in [6, 6.07) is 9.85. The van der Waals surface area contributed by atoms with Gasteiger partial charge in [0.2, 0.25) is 10.0 Å². The molecule has 0 aliphatic rings. The number of benzene rings is 2. The van der Waals surface area contributed by atoms with Gasteiger partial charge in [-0.3, -0.25) is 0 Å². The molecule has 0 fully saturated rings. The first-order valence-electron chi connectivity index (χ1n) is 6.68. The molecule has 0 heterocycles. The number of carbonyl (C=O) groups is 1. The predicted octanol–water partition coefficient (Wildman–Crippen LogP) is 2.53. The maximum Gasteiger partial charge on any atom is 0.337 e. The van der Waals surface area contributed by atoms with Gasteiger partial charge in [-0.05, 0) is 29.8 Å². The Hall–Kier alpha value is -2.25. The van der Waals surface area contributed by atoms with E-state index in [2.05, 4.69) is 4.74 Å². The smallest absolute Gasteiger partial charge is 0.337 e. The number of nitrogens with zero attached hydrogens (tertiary/aromatic N) is 1. The Morgan fingerprint density at radius 1 is 1.13 bits per heavy atom. The monoisotopic (exact) mass is 337 g/mol. The van der Waals surface area contributed by atoms with E-state index in [0.717, 1.165) is 10.4 Å². The van der Waals surface area contributed by atoms with Crippen LogP contribution in [0, 0.1) is 5.82 Å². The summed E-state index contributed by atoms with van der Waals surface area (Å²) >= 11 is 0. The molecule has 0 amide bonds. The van der Waals surface area contributed by atoms with Gasteiger partial charge in [-0.25, -0.2) is 21.9 Å². The second-order valence-corrected chi connectivity index (χ2v) is 7.12. The van der Waals surface area contributed by atoms with Gasteiger partial charge in [0.25, 0.3) is 0 Å². The Labute approximate surface area is 134 Å². The van der Waals surface area contributed by atoms with Crippen LogP contribution in [0.4, 0.5) is 4.39 Å². The van der Waals surface area contributed by atoms with Gasteiger partial charge in [-0.15, -0.1) is 0 Å². The fourth-order valence-corrected chi connectivity index (χ4v) is 3.22. The SMILES string of the molecule is COC(=O)c1cc(F)cc(-c2ccccc2S(=O)(=O)N(C)C)c1. The Morgan fingerprint density at radius 3 is 2.39 bits per heavy atom. The van der Waals surface area contributed by atoms with Crippen molar-refractivity contribution in [2.24, 2.45) is 0 Å². The molecule has 0 saturated carbocycles. The van der Waals surface area contributed by atoms with Gasteiger partial charge < -0.3 is 4.74 Å². The molecule has 122 valence electrons. The van der Waals surface area contributed by atoms with Crippen LogP contribution in [0.25, 0.3) is 11.1 Å². The average Bonchev–Trinajstić information content (AvgIpc) is 2.53. The molecule has 2 aromatic carbocycles. The van der Waals surface area contributed by atoms with Gasteiger partial charge in [0.1, 0.15) is 5.82 Å². The number of hydrogen-bond acceptors (Lipinski definition) is 4. The molecule has 0 bridgehead atoms. The number of methoxy groups -OCH3 is 1. The molecule has 0 saturated heterocycles. The molecule has 0 N–H and O–H groups in total. The number of rotatable bonds is 4. The van der Waals surface area contributed by atoms with Crippen molar-refractivity contribution < 1.29 is 22.3 Å². The minimum Gasteiger partial charge on any atom is -0.465 e. The zero-order valence-electron chi connectivity index (χ0n) is 12.9. The zero-order valence-corrected chi connectivity index (χ0v) is 13.7. The summed E-state index contributed by atoms with van der Waals surface area (Å²) in [5.41, 5.74) is 0.608. The van der Waals surface area contributed by atoms with Crippen LogP contribution < -0.4 is 0 Å². The normalized spacial score (nSPS) is 11.5. The Kier molecular flexibility index (Phi) is 4.82. The van der Waals surface area contributed by atoms with Crippen LogP contribution >= 0.6 is 0 Å². The topological polar surface area (TPSA) is 63.7 Å². The third-order valence-electron chi connectivity index (χ3n) is 3.28. The molecule has 0 radical (unpaired) electrons. The number of sulfonamides is 1. The van der Waals surface area contributed by atoms with Crippen LogP contribution in [0.5, 0.6) is 0 Å². The van der Waals surface area contributed by atoms with Gasteiger partial charge >= 0.3 is 5.97 Å². The van der Waals surface area contributed by atoms with Crippen molar-refractivity contribution in [1.82, 2.24) is 4.31 Å². The molecule has 0 unspecified atom stereocenters. The van der Waals surface area contributed by atoms with Crippen LogP contribution in [0.15, 0.2) is 47.4 Å². The Bertz CT molecular complexity index is 847. The van der Waals surface area contributed by atoms with E-state index in [1.165, 1.54) is 39.4 Å². The first-order valence-corrected chi connectivity index (χ1v) is 8.12. The number of carbonyl (C=O) groups excluding carboxylic acids is 1. The molecular formula is C16H16FNO4S. The molecule has 7 heteroatoms. The highest BCUT2D eigenvalue weighted by molar-refractivity contribution is 7.89. The molecular weight excluding hydrogens is 321 g/mol. The highest BCUT2D eigenvalue weighted by Gasteiger charge is 2.22. The maximum absolute atomic E-state index is 13.8. The summed E-state index contributed by atoms with van der Waals surface area (Å²) in [7, 11) is 0.308. The minimum atomic E-state index is -3.71. The van der Waals surface area contributed by atoms with E-state index in [0.29, 0.717) is 5.56 Å². The fourth-order valence-electron chi connectivity index (χ4n) is 2.11. The van der Waals surface area contributed by atoms with E-state index in [4.69, 9.17) is 0 Å². The van der Waals surface area contributed by atoms with E-state index < -0.39 is 21.8 Å². The van der Waals surface area contributed by atoms with Crippen LogP contribution in [-0.2, 0) is 14.8 Å². The van der Waals surface area contributed by atoms with E-state index in [-0.39, 0.29) is 16.0 Å². The van der Waals surface area contributed by atoms with Crippen LogP contribution in [0.1, 0.15) is 10.4 Å². The molecule has 0 aliphatic carbocycles. The largest absolute Gasteiger partial charge is 0.465 e. The van der Waals surface area contributed by atoms with Crippen molar-refractivity contribution in [1.29, 1.82) is 0 Å². The number of esters is 1. The number of ether oxygens (including phenoxy) is 1. The first-order chi connectivity index (χ1) is 10.8. The van der Waals surface area contributed by atoms with E-state index in [9.17, 15) is 17.6 Å². The summed E-state index contributed by atoms with van der Waals surface area (Å²) in [6.45, 7) is 0. The lowest BCUT2D eigenvalue weighted by Crippen LogP contribution is -2.22. The summed E-state index contributed by atoms with van der Waals surface area (Å²) in [6.07, 6.45) is 0. The van der Waals surface area contributed by atoms with Crippen molar-refractivity contribution in [3.63, 3.8) is 0 Å². The lowest BCUT2D eigenvalue weighted by molar-refractivity contribution is 0.0600. The van der Waals surface area contributed by atoms with Crippen molar-refractivity contribution >= 4 is 16.0 Å². The Morgan fingerprint density at radius 2 is 1.78 bits per heavy atom. The molecule has 0 aromatic heterocycles. The molecule has 23 heavy (non-hydrogen) atoms. The first kappa shape index (κ1) is 17.1. The van der Waals surface area contributed by atoms with Gasteiger partial charge in [0.05, 0.1) is 17.6 Å². The lowest BCUT2D eigenvalue weighted by atomic mass is 10.0. The second-order valence-electron chi connectivity index (χ2n) is 5.00. The number of halogens is 1. The standard InChI is InChI=1S/C16H16FNO4S/c1-18(2)23(20,21)15-7-5-4-6-14(15)11-8-12(16(19)22-3)10-13(17)9-11/h4-10H,1-3H3. The lowest BCUT2D eigenvalue weighted by Gasteiger charge is -2.15. The zero-order chi connectivity index (χ0) is 17.2. The van der Waals surface area contributed by atoms with E-state index in [1.807, 2.05) is 0 Å². The summed E-state index contributed by atoms with van der Waals surface area (Å²) in [4.78, 5) is 11.7. The van der Waals surface area contributed by atoms with E-state index in [1.54, 1.807) is 18.2 Å². The van der Waals surface area contributed by atoms with Gasteiger partial charge in [0.15, 0.2) is 0 Å². The molecule has 0 aliphatic heterocycles. The fraction of sp³-hybridized carbons (Fsp3) is 0.188. The summed E-state index contributed by atoms with van der Waals surface area (Å²) < 4.78 is 44.3. The molecule has 2 rings (SSSR count). The molecule has 5 nitrogen and oxygen atoms in total. The average molecular weight is 337 g/mol.